The number of ether oxygens (including phenoxy) is 1. The first-order valence-electron chi connectivity index (χ1n) is 10.2. The molecule has 0 aliphatic rings. The van der Waals surface area contributed by atoms with Crippen molar-refractivity contribution < 1.29 is 23.1 Å². The predicted molar refractivity (Wildman–Crippen MR) is 127 cm³/mol. The van der Waals surface area contributed by atoms with Crippen molar-refractivity contribution in [1.82, 2.24) is 9.97 Å². The summed E-state index contributed by atoms with van der Waals surface area (Å²) in [4.78, 5) is 32.9. The van der Waals surface area contributed by atoms with Crippen LogP contribution in [0.1, 0.15) is 20.7 Å². The molecule has 0 saturated heterocycles. The summed E-state index contributed by atoms with van der Waals surface area (Å²) in [5.74, 6) is -1.16. The zero-order chi connectivity index (χ0) is 25.0. The molecule has 35 heavy (non-hydrogen) atoms. The number of primary amides is 1. The fraction of sp³-hybridized carbons (Fsp3) is 0.0400. The van der Waals surface area contributed by atoms with Crippen molar-refractivity contribution in [1.29, 1.82) is 0 Å². The maximum absolute atomic E-state index is 12.9. The lowest BCUT2D eigenvalue weighted by Crippen LogP contribution is -2.16. The van der Waals surface area contributed by atoms with Gasteiger partial charge in [0.25, 0.3) is 5.91 Å². The van der Waals surface area contributed by atoms with E-state index in [-0.39, 0.29) is 11.3 Å². The zero-order valence-electron chi connectivity index (χ0n) is 17.9. The number of rotatable bonds is 7. The van der Waals surface area contributed by atoms with E-state index < -0.39 is 17.4 Å². The summed E-state index contributed by atoms with van der Waals surface area (Å²) in [6, 6.07) is 17.2. The normalized spacial score (nSPS) is 11.1. The van der Waals surface area contributed by atoms with Crippen LogP contribution in [0.15, 0.2) is 85.3 Å². The van der Waals surface area contributed by atoms with E-state index in [2.05, 4.69) is 20.0 Å². The van der Waals surface area contributed by atoms with E-state index in [4.69, 9.17) is 17.3 Å². The van der Waals surface area contributed by atoms with E-state index in [0.29, 0.717) is 28.1 Å². The quantitative estimate of drug-likeness (QED) is 0.338. The van der Waals surface area contributed by atoms with Gasteiger partial charge in [0.15, 0.2) is 0 Å². The smallest absolute Gasteiger partial charge is 0.420 e. The third-order valence-electron chi connectivity index (χ3n) is 4.91. The second-order valence-corrected chi connectivity index (χ2v) is 7.77. The number of alkyl halides is 3. The first-order valence-corrected chi connectivity index (χ1v) is 10.6. The van der Waals surface area contributed by atoms with Crippen LogP contribution >= 0.6 is 11.6 Å². The molecule has 0 radical (unpaired) electrons. The third kappa shape index (κ3) is 5.96. The van der Waals surface area contributed by atoms with E-state index in [1.165, 1.54) is 30.5 Å². The van der Waals surface area contributed by atoms with Gasteiger partial charge in [-0.25, -0.2) is 0 Å². The van der Waals surface area contributed by atoms with Gasteiger partial charge < -0.3 is 15.8 Å². The molecule has 0 aliphatic heterocycles. The van der Waals surface area contributed by atoms with Crippen LogP contribution in [0.3, 0.4) is 0 Å². The Morgan fingerprint density at radius 2 is 1.66 bits per heavy atom. The lowest BCUT2D eigenvalue weighted by Gasteiger charge is -2.13. The number of aromatic nitrogens is 2. The highest BCUT2D eigenvalue weighted by Gasteiger charge is 2.27. The summed E-state index contributed by atoms with van der Waals surface area (Å²) in [5, 5.41) is 2.68. The Kier molecular flexibility index (Phi) is 6.70. The maximum atomic E-state index is 12.9. The molecule has 3 N–H and O–H groups in total. The molecule has 0 unspecified atom stereocenters. The topological polar surface area (TPSA) is 107 Å². The molecular formula is C25H17ClF2N4O3. The minimum atomic E-state index is -3.83. The molecule has 4 aromatic rings. The van der Waals surface area contributed by atoms with E-state index in [9.17, 15) is 18.4 Å². The van der Waals surface area contributed by atoms with Crippen LogP contribution < -0.4 is 15.8 Å². The number of amides is 2. The fourth-order valence-electron chi connectivity index (χ4n) is 3.30. The van der Waals surface area contributed by atoms with Gasteiger partial charge in [0, 0.05) is 58.1 Å². The Hall–Kier alpha value is -4.37. The molecule has 176 valence electrons. The second kappa shape index (κ2) is 9.86. The van der Waals surface area contributed by atoms with E-state index in [0.717, 1.165) is 5.56 Å². The van der Waals surface area contributed by atoms with Crippen LogP contribution in [0.2, 0.25) is 0 Å². The van der Waals surface area contributed by atoms with Crippen LogP contribution in [0.25, 0.3) is 22.4 Å². The maximum Gasteiger partial charge on any atom is 0.487 e. The van der Waals surface area contributed by atoms with Crippen LogP contribution in [0.5, 0.6) is 5.75 Å². The molecule has 0 aliphatic carbocycles. The summed E-state index contributed by atoms with van der Waals surface area (Å²) in [7, 11) is 0. The van der Waals surface area contributed by atoms with Gasteiger partial charge in [0.05, 0.1) is 11.3 Å². The number of nitrogens with zero attached hydrogens (tertiary/aromatic N) is 2. The summed E-state index contributed by atoms with van der Waals surface area (Å²) >= 11 is 4.76. The molecule has 2 aromatic carbocycles. The highest BCUT2D eigenvalue weighted by molar-refractivity contribution is 6.20. The number of pyridine rings is 2. The lowest BCUT2D eigenvalue weighted by atomic mass is 9.98. The van der Waals surface area contributed by atoms with Crippen LogP contribution in [0.4, 0.5) is 14.5 Å². The van der Waals surface area contributed by atoms with Gasteiger partial charge in [-0.05, 0) is 48.5 Å². The molecule has 2 aromatic heterocycles. The number of carbonyl (C=O) groups is 2. The summed E-state index contributed by atoms with van der Waals surface area (Å²) in [6.07, 6.45) is 4.69. The van der Waals surface area contributed by atoms with Crippen LogP contribution in [-0.2, 0) is 0 Å². The van der Waals surface area contributed by atoms with Crippen molar-refractivity contribution in [3.05, 3.63) is 96.4 Å². The predicted octanol–water partition coefficient (Wildman–Crippen LogP) is 5.33. The van der Waals surface area contributed by atoms with Crippen molar-refractivity contribution in [3.63, 3.8) is 0 Å². The first kappa shape index (κ1) is 23.8. The SMILES string of the molecule is NC(=O)c1ccc(-c2ncc(C(=O)Nc3ccc(OC(F)(F)Cl)cc3)cc2-c2cccnc2)cc1. The zero-order valence-corrected chi connectivity index (χ0v) is 18.7. The first-order chi connectivity index (χ1) is 16.7. The molecule has 4 rings (SSSR count). The van der Waals surface area contributed by atoms with Crippen molar-refractivity contribution in [2.24, 2.45) is 5.73 Å². The van der Waals surface area contributed by atoms with Gasteiger partial charge in [-0.1, -0.05) is 18.2 Å². The number of benzene rings is 2. The third-order valence-corrected chi connectivity index (χ3v) is 4.99. The second-order valence-electron chi connectivity index (χ2n) is 7.33. The molecule has 2 amide bonds. The Balaban J connectivity index is 1.63. The number of hydrogen-bond acceptors (Lipinski definition) is 5. The molecule has 0 bridgehead atoms. The van der Waals surface area contributed by atoms with Crippen LogP contribution in [0, 0.1) is 0 Å². The summed E-state index contributed by atoms with van der Waals surface area (Å²) in [6.45, 7) is 0. The van der Waals surface area contributed by atoms with Crippen molar-refractivity contribution in [3.8, 4) is 28.1 Å². The molecular weight excluding hydrogens is 478 g/mol. The average molecular weight is 495 g/mol. The summed E-state index contributed by atoms with van der Waals surface area (Å²) in [5.41, 5.74) is 5.13. The monoisotopic (exact) mass is 494 g/mol. The average Bonchev–Trinajstić information content (AvgIpc) is 2.84. The lowest BCUT2D eigenvalue weighted by molar-refractivity contribution is -0.0964. The number of nitrogens with one attached hydrogen (secondary N) is 1. The number of halogens is 3. The fourth-order valence-corrected chi connectivity index (χ4v) is 3.39. The van der Waals surface area contributed by atoms with Gasteiger partial charge in [-0.15, -0.1) is 8.78 Å². The summed E-state index contributed by atoms with van der Waals surface area (Å²) < 4.78 is 29.8. The standard InChI is InChI=1S/C25H17ClF2N4O3/c26-25(27,28)35-20-9-7-19(8-10-20)32-24(34)18-12-21(17-2-1-11-30-13-17)22(31-14-18)15-3-5-16(6-4-15)23(29)33/h1-14H,(H2,29,33)(H,32,34). The molecule has 2 heterocycles. The Bertz CT molecular complexity index is 1360. The number of carbonyl (C=O) groups excluding carboxylic acids is 2. The highest BCUT2D eigenvalue weighted by atomic mass is 35.5. The van der Waals surface area contributed by atoms with Gasteiger partial charge >= 0.3 is 5.57 Å². The molecule has 10 heteroatoms. The number of nitrogens with two attached hydrogens (primary N) is 1. The van der Waals surface area contributed by atoms with Gasteiger partial charge in [0.2, 0.25) is 5.91 Å². The number of hydrogen-bond donors (Lipinski definition) is 2. The van der Waals surface area contributed by atoms with Crippen molar-refractivity contribution in [2.75, 3.05) is 5.32 Å². The van der Waals surface area contributed by atoms with Gasteiger partial charge in [-0.2, -0.15) is 0 Å². The van der Waals surface area contributed by atoms with E-state index in [1.54, 1.807) is 48.8 Å². The molecule has 0 atom stereocenters. The largest absolute Gasteiger partial charge is 0.487 e. The molecule has 0 saturated carbocycles. The van der Waals surface area contributed by atoms with E-state index >= 15 is 0 Å². The number of anilines is 1. The Labute approximate surface area is 203 Å². The van der Waals surface area contributed by atoms with Crippen molar-refractivity contribution >= 4 is 29.1 Å². The Morgan fingerprint density at radius 3 is 2.26 bits per heavy atom. The van der Waals surface area contributed by atoms with Crippen LogP contribution in [-0.4, -0.2) is 27.4 Å². The van der Waals surface area contributed by atoms with Gasteiger partial charge in [-0.3, -0.25) is 19.6 Å². The Morgan fingerprint density at radius 1 is 0.943 bits per heavy atom. The molecule has 7 nitrogen and oxygen atoms in total. The molecule has 0 spiro atoms. The minimum Gasteiger partial charge on any atom is -0.420 e. The van der Waals surface area contributed by atoms with Crippen molar-refractivity contribution in [2.45, 2.75) is 5.57 Å². The molecule has 0 fully saturated rings. The minimum absolute atomic E-state index is 0.157. The highest BCUT2D eigenvalue weighted by Crippen LogP contribution is 2.31. The van der Waals surface area contributed by atoms with E-state index in [1.807, 2.05) is 6.07 Å². The van der Waals surface area contributed by atoms with Gasteiger partial charge in [0.1, 0.15) is 5.75 Å².